The van der Waals surface area contributed by atoms with Gasteiger partial charge in [0.15, 0.2) is 0 Å². The molecule has 8 heteroatoms. The summed E-state index contributed by atoms with van der Waals surface area (Å²) in [5.41, 5.74) is -0.701. The number of aliphatic carboxylic acids is 1. The second-order valence-electron chi connectivity index (χ2n) is 4.59. The molecule has 6 nitrogen and oxygen atoms in total. The number of hydrogen-bond acceptors (Lipinski definition) is 5. The number of thiophene rings is 1. The van der Waals surface area contributed by atoms with Crippen LogP contribution in [0.25, 0.3) is 0 Å². The van der Waals surface area contributed by atoms with Crippen molar-refractivity contribution in [2.75, 3.05) is 13.7 Å². The minimum atomic E-state index is -3.53. The van der Waals surface area contributed by atoms with Crippen LogP contribution in [0.3, 0.4) is 0 Å². The fourth-order valence-corrected chi connectivity index (χ4v) is 4.26. The van der Waals surface area contributed by atoms with Crippen LogP contribution in [0.5, 0.6) is 0 Å². The molecule has 1 heterocycles. The minimum absolute atomic E-state index is 0.0908. The van der Waals surface area contributed by atoms with Gasteiger partial charge in [-0.2, -0.15) is 0 Å². The topological polar surface area (TPSA) is 92.7 Å². The lowest BCUT2D eigenvalue weighted by Gasteiger charge is -2.44. The van der Waals surface area contributed by atoms with Crippen LogP contribution >= 0.6 is 11.3 Å². The zero-order valence-electron chi connectivity index (χ0n) is 10.3. The number of methoxy groups -OCH3 is 1. The number of sulfonamides is 1. The second-order valence-corrected chi connectivity index (χ2v) is 7.53. The van der Waals surface area contributed by atoms with Gasteiger partial charge in [-0.05, 0) is 24.3 Å². The van der Waals surface area contributed by atoms with E-state index in [1.165, 1.54) is 13.2 Å². The first-order valence-electron chi connectivity index (χ1n) is 5.70. The quantitative estimate of drug-likeness (QED) is 0.815. The lowest BCUT2D eigenvalue weighted by molar-refractivity contribution is -0.161. The minimum Gasteiger partial charge on any atom is -0.481 e. The molecule has 1 aromatic rings. The average molecular weight is 305 g/mol. The van der Waals surface area contributed by atoms with E-state index in [1.54, 1.807) is 11.4 Å². The van der Waals surface area contributed by atoms with Gasteiger partial charge in [-0.1, -0.05) is 6.07 Å². The summed E-state index contributed by atoms with van der Waals surface area (Å²) in [5.74, 6) is -1.32. The largest absolute Gasteiger partial charge is 0.481 e. The highest BCUT2D eigenvalue weighted by molar-refractivity contribution is 7.91. The van der Waals surface area contributed by atoms with Gasteiger partial charge >= 0.3 is 5.97 Å². The van der Waals surface area contributed by atoms with Gasteiger partial charge in [0.05, 0.1) is 11.5 Å². The molecule has 19 heavy (non-hydrogen) atoms. The maximum atomic E-state index is 11.9. The Kier molecular flexibility index (Phi) is 3.95. The molecular weight excluding hydrogens is 290 g/mol. The molecular formula is C11H15NO5S2. The van der Waals surface area contributed by atoms with Crippen LogP contribution < -0.4 is 4.72 Å². The van der Waals surface area contributed by atoms with E-state index in [1.807, 2.05) is 0 Å². The molecule has 2 rings (SSSR count). The standard InChI is InChI=1S/C11H15NO5S2/c1-17-11(5-8(6-11)10(13)14)7-12-19(15,16)9-3-2-4-18-9/h2-4,8,12H,5-7H2,1H3,(H,13,14). The third-order valence-corrected chi connectivity index (χ3v) is 6.16. The van der Waals surface area contributed by atoms with Crippen LogP contribution in [-0.4, -0.2) is 38.7 Å². The summed E-state index contributed by atoms with van der Waals surface area (Å²) in [7, 11) is -2.06. The molecule has 0 atom stereocenters. The summed E-state index contributed by atoms with van der Waals surface area (Å²) in [4.78, 5) is 10.8. The lowest BCUT2D eigenvalue weighted by atomic mass is 9.71. The SMILES string of the molecule is COC1(CNS(=O)(=O)c2cccs2)CC(C(=O)O)C1. The molecule has 0 bridgehead atoms. The van der Waals surface area contributed by atoms with Crippen molar-refractivity contribution in [2.45, 2.75) is 22.7 Å². The van der Waals surface area contributed by atoms with E-state index in [0.717, 1.165) is 11.3 Å². The number of ether oxygens (including phenoxy) is 1. The van der Waals surface area contributed by atoms with E-state index in [-0.39, 0.29) is 10.8 Å². The van der Waals surface area contributed by atoms with Crippen LogP contribution in [0.15, 0.2) is 21.7 Å². The number of carbonyl (C=O) groups is 1. The van der Waals surface area contributed by atoms with Crippen molar-refractivity contribution in [1.29, 1.82) is 0 Å². The fourth-order valence-electron chi connectivity index (χ4n) is 2.11. The van der Waals surface area contributed by atoms with E-state index in [0.29, 0.717) is 12.8 Å². The Hall–Kier alpha value is -0.960. The van der Waals surface area contributed by atoms with Crippen molar-refractivity contribution in [3.63, 3.8) is 0 Å². The fraction of sp³-hybridized carbons (Fsp3) is 0.545. The Balaban J connectivity index is 1.97. The van der Waals surface area contributed by atoms with Crippen molar-refractivity contribution >= 4 is 27.3 Å². The van der Waals surface area contributed by atoms with E-state index in [4.69, 9.17) is 9.84 Å². The lowest BCUT2D eigenvalue weighted by Crippen LogP contribution is -2.55. The molecule has 0 amide bonds. The third-order valence-electron chi connectivity index (χ3n) is 3.36. The summed E-state index contributed by atoms with van der Waals surface area (Å²) >= 11 is 1.13. The van der Waals surface area contributed by atoms with Gasteiger partial charge in [-0.15, -0.1) is 11.3 Å². The van der Waals surface area contributed by atoms with Gasteiger partial charge in [0, 0.05) is 13.7 Å². The van der Waals surface area contributed by atoms with Gasteiger partial charge in [0.1, 0.15) is 4.21 Å². The van der Waals surface area contributed by atoms with Crippen molar-refractivity contribution in [2.24, 2.45) is 5.92 Å². The Morgan fingerprint density at radius 1 is 1.63 bits per heavy atom. The Labute approximate surface area is 115 Å². The number of carboxylic acid groups (broad SMARTS) is 1. The summed E-state index contributed by atoms with van der Waals surface area (Å²) in [6.45, 7) is 0.0908. The van der Waals surface area contributed by atoms with E-state index in [2.05, 4.69) is 4.72 Å². The normalized spacial score (nSPS) is 26.9. The Morgan fingerprint density at radius 3 is 2.79 bits per heavy atom. The smallest absolute Gasteiger partial charge is 0.306 e. The Morgan fingerprint density at radius 2 is 2.32 bits per heavy atom. The summed E-state index contributed by atoms with van der Waals surface area (Å²) in [5, 5.41) is 10.5. The highest BCUT2D eigenvalue weighted by Gasteiger charge is 2.48. The molecule has 1 aliphatic carbocycles. The van der Waals surface area contributed by atoms with Crippen LogP contribution in [0.1, 0.15) is 12.8 Å². The average Bonchev–Trinajstić information content (AvgIpc) is 2.81. The molecule has 1 fully saturated rings. The number of hydrogen-bond donors (Lipinski definition) is 2. The molecule has 0 radical (unpaired) electrons. The molecule has 0 spiro atoms. The number of carboxylic acids is 1. The molecule has 0 aromatic carbocycles. The highest BCUT2D eigenvalue weighted by atomic mass is 32.2. The summed E-state index contributed by atoms with van der Waals surface area (Å²) in [6, 6.07) is 3.18. The molecule has 106 valence electrons. The molecule has 1 saturated carbocycles. The number of rotatable bonds is 6. The summed E-state index contributed by atoms with van der Waals surface area (Å²) in [6.07, 6.45) is 0.650. The monoisotopic (exact) mass is 305 g/mol. The van der Waals surface area contributed by atoms with Gasteiger partial charge in [-0.25, -0.2) is 13.1 Å². The van der Waals surface area contributed by atoms with Gasteiger partial charge in [-0.3, -0.25) is 4.79 Å². The first-order chi connectivity index (χ1) is 8.88. The van der Waals surface area contributed by atoms with Crippen molar-refractivity contribution in [3.05, 3.63) is 17.5 Å². The predicted molar refractivity (Wildman–Crippen MR) is 69.6 cm³/mol. The molecule has 1 aliphatic rings. The van der Waals surface area contributed by atoms with Crippen molar-refractivity contribution in [3.8, 4) is 0 Å². The summed E-state index contributed by atoms with van der Waals surface area (Å²) < 4.78 is 31.9. The van der Waals surface area contributed by atoms with E-state index < -0.39 is 27.5 Å². The van der Waals surface area contributed by atoms with Crippen molar-refractivity contribution < 1.29 is 23.1 Å². The first kappa shape index (κ1) is 14.4. The highest BCUT2D eigenvalue weighted by Crippen LogP contribution is 2.40. The Bertz CT molecular complexity index is 546. The predicted octanol–water partition coefficient (Wildman–Crippen LogP) is 0.906. The molecule has 0 unspecified atom stereocenters. The van der Waals surface area contributed by atoms with Crippen LogP contribution in [0, 0.1) is 5.92 Å². The first-order valence-corrected chi connectivity index (χ1v) is 8.06. The maximum absolute atomic E-state index is 11.9. The van der Waals surface area contributed by atoms with Gasteiger partial charge in [0.2, 0.25) is 10.0 Å². The van der Waals surface area contributed by atoms with Crippen LogP contribution in [-0.2, 0) is 19.6 Å². The zero-order valence-corrected chi connectivity index (χ0v) is 12.0. The van der Waals surface area contributed by atoms with Gasteiger partial charge in [0.25, 0.3) is 0 Å². The third kappa shape index (κ3) is 2.97. The van der Waals surface area contributed by atoms with Gasteiger partial charge < -0.3 is 9.84 Å². The van der Waals surface area contributed by atoms with Crippen LogP contribution in [0.4, 0.5) is 0 Å². The molecule has 0 aliphatic heterocycles. The number of nitrogens with one attached hydrogen (secondary N) is 1. The van der Waals surface area contributed by atoms with E-state index in [9.17, 15) is 13.2 Å². The van der Waals surface area contributed by atoms with E-state index >= 15 is 0 Å². The maximum Gasteiger partial charge on any atom is 0.306 e. The van der Waals surface area contributed by atoms with Crippen molar-refractivity contribution in [1.82, 2.24) is 4.72 Å². The van der Waals surface area contributed by atoms with Crippen LogP contribution in [0.2, 0.25) is 0 Å². The molecule has 2 N–H and O–H groups in total. The molecule has 0 saturated heterocycles. The second kappa shape index (κ2) is 5.20. The zero-order chi connectivity index (χ0) is 14.1. The molecule has 1 aromatic heterocycles.